The van der Waals surface area contributed by atoms with Crippen LogP contribution in [0, 0.1) is 5.92 Å². The Balaban J connectivity index is 1.33. The van der Waals surface area contributed by atoms with Gasteiger partial charge in [-0.25, -0.2) is 9.97 Å². The van der Waals surface area contributed by atoms with Gasteiger partial charge in [-0.05, 0) is 62.1 Å². The minimum absolute atomic E-state index is 0.0735. The molecule has 0 unspecified atom stereocenters. The number of aromatic nitrogens is 3. The Morgan fingerprint density at radius 2 is 2.07 bits per heavy atom. The molecule has 156 valence electrons. The smallest absolute Gasteiger partial charge is 0.146 e. The summed E-state index contributed by atoms with van der Waals surface area (Å²) in [5.74, 6) is 2.16. The summed E-state index contributed by atoms with van der Waals surface area (Å²) in [5.41, 5.74) is 9.31. The van der Waals surface area contributed by atoms with Crippen molar-refractivity contribution >= 4 is 16.9 Å². The maximum Gasteiger partial charge on any atom is 0.146 e. The number of hydrogen-bond donors (Lipinski definition) is 1. The molecule has 3 fully saturated rings. The minimum Gasteiger partial charge on any atom is -0.491 e. The zero-order valence-electron chi connectivity index (χ0n) is 17.4. The Hall–Kier alpha value is -2.60. The van der Waals surface area contributed by atoms with Crippen LogP contribution in [0.15, 0.2) is 36.8 Å². The van der Waals surface area contributed by atoms with E-state index in [0.29, 0.717) is 24.6 Å². The van der Waals surface area contributed by atoms with E-state index >= 15 is 0 Å². The zero-order chi connectivity index (χ0) is 20.3. The van der Waals surface area contributed by atoms with Crippen molar-refractivity contribution in [2.75, 3.05) is 12.3 Å². The minimum atomic E-state index is -0.0735. The average Bonchev–Trinajstić information content (AvgIpc) is 3.44. The molecule has 3 aliphatic rings. The predicted octanol–water partition coefficient (Wildman–Crippen LogP) is 4.74. The molecule has 2 N–H and O–H groups in total. The monoisotopic (exact) mass is 404 g/mol. The van der Waals surface area contributed by atoms with Gasteiger partial charge < -0.3 is 19.8 Å². The first kappa shape index (κ1) is 18.2. The van der Waals surface area contributed by atoms with Gasteiger partial charge in [0.1, 0.15) is 35.7 Å². The van der Waals surface area contributed by atoms with Crippen LogP contribution in [0.2, 0.25) is 0 Å². The summed E-state index contributed by atoms with van der Waals surface area (Å²) in [5, 5.41) is 0.936. The number of ether oxygens (including phenoxy) is 2. The van der Waals surface area contributed by atoms with E-state index < -0.39 is 0 Å². The highest BCUT2D eigenvalue weighted by molar-refractivity contribution is 6.00. The lowest BCUT2D eigenvalue weighted by Gasteiger charge is -2.34. The lowest BCUT2D eigenvalue weighted by molar-refractivity contribution is -0.0198. The maximum atomic E-state index is 6.30. The molecule has 2 saturated heterocycles. The summed E-state index contributed by atoms with van der Waals surface area (Å²) >= 11 is 0. The molecule has 2 aromatic heterocycles. The third kappa shape index (κ3) is 2.88. The molecule has 0 atom stereocenters. The quantitative estimate of drug-likeness (QED) is 0.665. The molecule has 6 heteroatoms. The molecule has 30 heavy (non-hydrogen) atoms. The standard InChI is InChI=1S/C24H28N4O2/c1-15-9-17(10-15)28-12-20(21-22(25)26-14-27-23(21)28)16-3-2-4-19(11-16)29-13-24-7-5-18(30-24)6-8-24/h2-4,11-12,14-15,17-18H,5-10,13H2,1H3,(H2,25,26,27). The first-order valence-corrected chi connectivity index (χ1v) is 11.1. The highest BCUT2D eigenvalue weighted by Crippen LogP contribution is 2.45. The molecule has 1 aromatic carbocycles. The summed E-state index contributed by atoms with van der Waals surface area (Å²) in [7, 11) is 0. The van der Waals surface area contributed by atoms with Gasteiger partial charge in [-0.15, -0.1) is 0 Å². The lowest BCUT2D eigenvalue weighted by Crippen LogP contribution is -2.32. The number of fused-ring (bicyclic) bond motifs is 3. The average molecular weight is 405 g/mol. The first-order valence-electron chi connectivity index (χ1n) is 11.1. The molecular weight excluding hydrogens is 376 g/mol. The predicted molar refractivity (Wildman–Crippen MR) is 116 cm³/mol. The number of rotatable bonds is 5. The molecule has 0 spiro atoms. The fourth-order valence-electron chi connectivity index (χ4n) is 5.55. The third-order valence-corrected chi connectivity index (χ3v) is 7.29. The third-order valence-electron chi connectivity index (χ3n) is 7.29. The van der Waals surface area contributed by atoms with Gasteiger partial charge in [0.25, 0.3) is 0 Å². The number of nitrogens with two attached hydrogens (primary N) is 1. The fraction of sp³-hybridized carbons (Fsp3) is 0.500. The normalized spacial score (nSPS) is 30.0. The number of nitrogen functional groups attached to an aromatic ring is 1. The molecular formula is C24H28N4O2. The molecule has 2 bridgehead atoms. The van der Waals surface area contributed by atoms with Gasteiger partial charge in [-0.1, -0.05) is 19.1 Å². The van der Waals surface area contributed by atoms with Crippen molar-refractivity contribution in [3.63, 3.8) is 0 Å². The Bertz CT molecular complexity index is 1090. The van der Waals surface area contributed by atoms with Crippen molar-refractivity contribution < 1.29 is 9.47 Å². The Morgan fingerprint density at radius 1 is 1.23 bits per heavy atom. The zero-order valence-corrected chi connectivity index (χ0v) is 17.4. The summed E-state index contributed by atoms with van der Waals surface area (Å²) in [6.07, 6.45) is 11.1. The van der Waals surface area contributed by atoms with E-state index in [0.717, 1.165) is 46.7 Å². The molecule has 0 amide bonds. The van der Waals surface area contributed by atoms with Crippen molar-refractivity contribution in [1.29, 1.82) is 0 Å². The topological polar surface area (TPSA) is 75.2 Å². The van der Waals surface area contributed by atoms with E-state index in [-0.39, 0.29) is 5.60 Å². The second-order valence-corrected chi connectivity index (χ2v) is 9.45. The number of nitrogens with zero attached hydrogens (tertiary/aromatic N) is 3. The van der Waals surface area contributed by atoms with Crippen LogP contribution in [0.1, 0.15) is 51.5 Å². The van der Waals surface area contributed by atoms with Crippen LogP contribution in [0.3, 0.4) is 0 Å². The largest absolute Gasteiger partial charge is 0.491 e. The Kier molecular flexibility index (Phi) is 4.07. The van der Waals surface area contributed by atoms with Crippen LogP contribution in [0.25, 0.3) is 22.2 Å². The van der Waals surface area contributed by atoms with Crippen molar-refractivity contribution in [2.45, 2.75) is 63.2 Å². The summed E-state index contributed by atoms with van der Waals surface area (Å²) in [6, 6.07) is 8.77. The first-order chi connectivity index (χ1) is 14.6. The van der Waals surface area contributed by atoms with Gasteiger partial charge in [0.15, 0.2) is 0 Å². The molecule has 2 aliphatic heterocycles. The molecule has 0 radical (unpaired) electrons. The van der Waals surface area contributed by atoms with Crippen LogP contribution < -0.4 is 10.5 Å². The van der Waals surface area contributed by atoms with Crippen molar-refractivity contribution in [3.05, 3.63) is 36.8 Å². The molecule has 1 aliphatic carbocycles. The van der Waals surface area contributed by atoms with Crippen molar-refractivity contribution in [2.24, 2.45) is 5.92 Å². The number of anilines is 1. The van der Waals surface area contributed by atoms with Crippen LogP contribution >= 0.6 is 0 Å². The SMILES string of the molecule is CC1CC(n2cc(-c3cccc(OCC45CCC(CC4)O5)c3)c3c(N)ncnc32)C1. The van der Waals surface area contributed by atoms with Crippen molar-refractivity contribution in [3.8, 4) is 16.9 Å². The number of hydrogen-bond acceptors (Lipinski definition) is 5. The Morgan fingerprint density at radius 3 is 2.80 bits per heavy atom. The lowest BCUT2D eigenvalue weighted by atomic mass is 9.82. The summed E-state index contributed by atoms with van der Waals surface area (Å²) in [4.78, 5) is 8.84. The van der Waals surface area contributed by atoms with E-state index in [2.05, 4.69) is 39.8 Å². The molecule has 6 nitrogen and oxygen atoms in total. The Labute approximate surface area is 176 Å². The van der Waals surface area contributed by atoms with Crippen molar-refractivity contribution in [1.82, 2.24) is 14.5 Å². The molecule has 4 heterocycles. The van der Waals surface area contributed by atoms with Gasteiger partial charge in [0, 0.05) is 17.8 Å². The van der Waals surface area contributed by atoms with Gasteiger partial charge >= 0.3 is 0 Å². The van der Waals surface area contributed by atoms with E-state index in [1.54, 1.807) is 6.33 Å². The number of benzene rings is 1. The van der Waals surface area contributed by atoms with Gasteiger partial charge in [-0.2, -0.15) is 0 Å². The molecule has 6 rings (SSSR count). The van der Waals surface area contributed by atoms with Crippen LogP contribution in [-0.2, 0) is 4.74 Å². The van der Waals surface area contributed by atoms with E-state index in [9.17, 15) is 0 Å². The van der Waals surface area contributed by atoms with Gasteiger partial charge in [0.05, 0.1) is 11.5 Å². The van der Waals surface area contributed by atoms with Gasteiger partial charge in [0.2, 0.25) is 0 Å². The highest BCUT2D eigenvalue weighted by Gasteiger charge is 2.46. The van der Waals surface area contributed by atoms with E-state index in [4.69, 9.17) is 15.2 Å². The fourth-order valence-corrected chi connectivity index (χ4v) is 5.55. The molecule has 3 aromatic rings. The van der Waals surface area contributed by atoms with Crippen LogP contribution in [0.4, 0.5) is 5.82 Å². The van der Waals surface area contributed by atoms with Gasteiger partial charge in [-0.3, -0.25) is 0 Å². The van der Waals surface area contributed by atoms with Crippen LogP contribution in [-0.4, -0.2) is 32.8 Å². The van der Waals surface area contributed by atoms with E-state index in [1.165, 1.54) is 25.7 Å². The highest BCUT2D eigenvalue weighted by atomic mass is 16.6. The van der Waals surface area contributed by atoms with Crippen LogP contribution in [0.5, 0.6) is 5.75 Å². The summed E-state index contributed by atoms with van der Waals surface area (Å²) < 4.78 is 14.7. The van der Waals surface area contributed by atoms with E-state index in [1.807, 2.05) is 12.1 Å². The summed E-state index contributed by atoms with van der Waals surface area (Å²) in [6.45, 7) is 2.92. The molecule has 1 saturated carbocycles. The second kappa shape index (κ2) is 6.71. The second-order valence-electron chi connectivity index (χ2n) is 9.45. The maximum absolute atomic E-state index is 6.30.